The number of rotatable bonds is 4. The highest BCUT2D eigenvalue weighted by atomic mass is 32.2. The van der Waals surface area contributed by atoms with Crippen molar-refractivity contribution in [2.24, 2.45) is 0 Å². The number of carboxylic acids is 1. The van der Waals surface area contributed by atoms with E-state index in [0.717, 1.165) is 6.07 Å². The first kappa shape index (κ1) is 14.5. The summed E-state index contributed by atoms with van der Waals surface area (Å²) in [7, 11) is -2.29. The molecule has 2 rings (SSSR count). The van der Waals surface area contributed by atoms with Crippen LogP contribution in [0.4, 0.5) is 0 Å². The number of carbonyl (C=O) groups is 1. The molecule has 20 heavy (non-hydrogen) atoms. The Morgan fingerprint density at radius 2 is 2.15 bits per heavy atom. The zero-order valence-electron chi connectivity index (χ0n) is 10.9. The van der Waals surface area contributed by atoms with Gasteiger partial charge in [-0.3, -0.25) is 5.32 Å². The lowest BCUT2D eigenvalue weighted by Gasteiger charge is -2.20. The van der Waals surface area contributed by atoms with Gasteiger partial charge in [0.2, 0.25) is 0 Å². The average Bonchev–Trinajstić information content (AvgIpc) is 2.47. The lowest BCUT2D eigenvalue weighted by Crippen LogP contribution is -2.38. The molecule has 7 heteroatoms. The minimum absolute atomic E-state index is 0.0245. The minimum Gasteiger partial charge on any atom is -0.496 e. The number of methoxy groups -OCH3 is 1. The molecule has 1 heterocycles. The van der Waals surface area contributed by atoms with Crippen LogP contribution in [0, 0.1) is 0 Å². The van der Waals surface area contributed by atoms with Crippen LogP contribution in [0.5, 0.6) is 5.75 Å². The quantitative estimate of drug-likeness (QED) is 0.807. The van der Waals surface area contributed by atoms with Crippen LogP contribution in [0.2, 0.25) is 0 Å². The lowest BCUT2D eigenvalue weighted by atomic mass is 10.2. The Bertz CT molecular complexity index is 651. The Kier molecular flexibility index (Phi) is 4.10. The van der Waals surface area contributed by atoms with Gasteiger partial charge in [0.1, 0.15) is 16.7 Å². The highest BCUT2D eigenvalue weighted by molar-refractivity contribution is 7.92. The summed E-state index contributed by atoms with van der Waals surface area (Å²) < 4.78 is 29.8. The summed E-state index contributed by atoms with van der Waals surface area (Å²) in [6, 6.07) is 3.85. The maximum Gasteiger partial charge on any atom is 0.339 e. The van der Waals surface area contributed by atoms with Gasteiger partial charge in [0.05, 0.1) is 12.0 Å². The van der Waals surface area contributed by atoms with Gasteiger partial charge in [-0.05, 0) is 24.6 Å². The predicted molar refractivity (Wildman–Crippen MR) is 72.7 cm³/mol. The van der Waals surface area contributed by atoms with Crippen LogP contribution in [0.25, 0.3) is 0 Å². The third-order valence-corrected chi connectivity index (χ3v) is 5.10. The second-order valence-electron chi connectivity index (χ2n) is 4.32. The predicted octanol–water partition coefficient (Wildman–Crippen LogP) is 1.04. The van der Waals surface area contributed by atoms with Gasteiger partial charge in [0.25, 0.3) is 0 Å². The fourth-order valence-electron chi connectivity index (χ4n) is 2.02. The standard InChI is InChI=1S/C13H15NO5S/c1-19-11-6-5-9(8-10(11)13(15)16)20(17,18)12-4-2-3-7-14-12/h2-3,5-6,8,12,14H,4,7H2,1H3,(H,15,16). The molecule has 2 N–H and O–H groups in total. The van der Waals surface area contributed by atoms with E-state index in [1.165, 1.54) is 19.2 Å². The zero-order valence-corrected chi connectivity index (χ0v) is 11.7. The maximum atomic E-state index is 12.4. The van der Waals surface area contributed by atoms with E-state index >= 15 is 0 Å². The smallest absolute Gasteiger partial charge is 0.339 e. The second-order valence-corrected chi connectivity index (χ2v) is 6.45. The number of carboxylic acid groups (broad SMARTS) is 1. The molecule has 0 aromatic heterocycles. The summed E-state index contributed by atoms with van der Waals surface area (Å²) in [5.74, 6) is -1.09. The van der Waals surface area contributed by atoms with Gasteiger partial charge in [-0.15, -0.1) is 0 Å². The molecule has 1 aliphatic heterocycles. The summed E-state index contributed by atoms with van der Waals surface area (Å²) in [5.41, 5.74) is -0.167. The maximum absolute atomic E-state index is 12.4. The van der Waals surface area contributed by atoms with Gasteiger partial charge in [-0.25, -0.2) is 13.2 Å². The molecule has 0 aliphatic carbocycles. The number of benzene rings is 1. The fraction of sp³-hybridized carbons (Fsp3) is 0.308. The van der Waals surface area contributed by atoms with E-state index in [-0.39, 0.29) is 16.2 Å². The summed E-state index contributed by atoms with van der Waals surface area (Å²) >= 11 is 0. The SMILES string of the molecule is COc1ccc(S(=O)(=O)C2CC=CCN2)cc1C(=O)O. The van der Waals surface area contributed by atoms with E-state index in [0.29, 0.717) is 13.0 Å². The normalized spacial score (nSPS) is 18.8. The van der Waals surface area contributed by atoms with Crippen LogP contribution in [0.3, 0.4) is 0 Å². The van der Waals surface area contributed by atoms with Crippen LogP contribution in [0.15, 0.2) is 35.2 Å². The number of hydrogen-bond acceptors (Lipinski definition) is 5. The first-order valence-corrected chi connectivity index (χ1v) is 7.55. The number of hydrogen-bond donors (Lipinski definition) is 2. The zero-order chi connectivity index (χ0) is 14.8. The van der Waals surface area contributed by atoms with Gasteiger partial charge >= 0.3 is 5.97 Å². The first-order chi connectivity index (χ1) is 9.46. The molecular weight excluding hydrogens is 282 g/mol. The molecule has 0 radical (unpaired) electrons. The molecule has 0 bridgehead atoms. The van der Waals surface area contributed by atoms with E-state index in [2.05, 4.69) is 5.32 Å². The monoisotopic (exact) mass is 297 g/mol. The van der Waals surface area contributed by atoms with E-state index < -0.39 is 21.2 Å². The molecular formula is C13H15NO5S. The van der Waals surface area contributed by atoms with Crippen molar-refractivity contribution < 1.29 is 23.1 Å². The van der Waals surface area contributed by atoms with Gasteiger partial charge in [-0.1, -0.05) is 12.2 Å². The number of aromatic carboxylic acids is 1. The molecule has 0 saturated heterocycles. The molecule has 108 valence electrons. The number of ether oxygens (including phenoxy) is 1. The Balaban J connectivity index is 2.44. The Morgan fingerprint density at radius 1 is 1.40 bits per heavy atom. The lowest BCUT2D eigenvalue weighted by molar-refractivity contribution is 0.0693. The van der Waals surface area contributed by atoms with Crippen molar-refractivity contribution in [3.63, 3.8) is 0 Å². The van der Waals surface area contributed by atoms with E-state index in [9.17, 15) is 13.2 Å². The number of nitrogens with one attached hydrogen (secondary N) is 1. The Labute approximate surface area is 117 Å². The van der Waals surface area contributed by atoms with Crippen molar-refractivity contribution in [1.29, 1.82) is 0 Å². The van der Waals surface area contributed by atoms with E-state index in [4.69, 9.17) is 9.84 Å². The number of sulfone groups is 1. The van der Waals surface area contributed by atoms with E-state index in [1.807, 2.05) is 6.08 Å². The van der Waals surface area contributed by atoms with Crippen molar-refractivity contribution >= 4 is 15.8 Å². The minimum atomic E-state index is -3.62. The van der Waals surface area contributed by atoms with Gasteiger partial charge in [0.15, 0.2) is 9.84 Å². The van der Waals surface area contributed by atoms with Crippen molar-refractivity contribution in [3.05, 3.63) is 35.9 Å². The molecule has 0 amide bonds. The van der Waals surface area contributed by atoms with E-state index in [1.54, 1.807) is 6.08 Å². The van der Waals surface area contributed by atoms with Crippen LogP contribution >= 0.6 is 0 Å². The third-order valence-electron chi connectivity index (χ3n) is 3.08. The van der Waals surface area contributed by atoms with Crippen LogP contribution in [-0.4, -0.2) is 38.5 Å². The van der Waals surface area contributed by atoms with Gasteiger partial charge < -0.3 is 9.84 Å². The van der Waals surface area contributed by atoms with Crippen molar-refractivity contribution in [3.8, 4) is 5.75 Å². The van der Waals surface area contributed by atoms with Crippen LogP contribution in [0.1, 0.15) is 16.8 Å². The molecule has 6 nitrogen and oxygen atoms in total. The molecule has 1 atom stereocenters. The summed E-state index contributed by atoms with van der Waals surface area (Å²) in [6.45, 7) is 0.478. The van der Waals surface area contributed by atoms with Crippen LogP contribution < -0.4 is 10.1 Å². The second kappa shape index (κ2) is 5.64. The highest BCUT2D eigenvalue weighted by Crippen LogP contribution is 2.25. The fourth-order valence-corrected chi connectivity index (χ4v) is 3.57. The summed E-state index contributed by atoms with van der Waals surface area (Å²) in [4.78, 5) is 11.1. The average molecular weight is 297 g/mol. The molecule has 1 unspecified atom stereocenters. The largest absolute Gasteiger partial charge is 0.496 e. The molecule has 1 aromatic rings. The molecule has 0 spiro atoms. The summed E-state index contributed by atoms with van der Waals surface area (Å²) in [5, 5.41) is 11.2. The first-order valence-electron chi connectivity index (χ1n) is 6.00. The van der Waals surface area contributed by atoms with Gasteiger partial charge in [-0.2, -0.15) is 0 Å². The topological polar surface area (TPSA) is 92.7 Å². The molecule has 0 saturated carbocycles. The molecule has 1 aromatic carbocycles. The van der Waals surface area contributed by atoms with Crippen molar-refractivity contribution in [1.82, 2.24) is 5.32 Å². The van der Waals surface area contributed by atoms with Crippen LogP contribution in [-0.2, 0) is 9.84 Å². The Morgan fingerprint density at radius 3 is 2.70 bits per heavy atom. The highest BCUT2D eigenvalue weighted by Gasteiger charge is 2.28. The Hall–Kier alpha value is -1.86. The van der Waals surface area contributed by atoms with Crippen molar-refractivity contribution in [2.75, 3.05) is 13.7 Å². The third kappa shape index (κ3) is 2.68. The van der Waals surface area contributed by atoms with Gasteiger partial charge in [0, 0.05) is 6.54 Å². The summed E-state index contributed by atoms with van der Waals surface area (Å²) in [6.07, 6.45) is 4.00. The molecule has 0 fully saturated rings. The molecule has 1 aliphatic rings. The van der Waals surface area contributed by atoms with Crippen molar-refractivity contribution in [2.45, 2.75) is 16.7 Å².